The Hall–Kier alpha value is -2.99. The number of alkyl halides is 3. The molecular formula is C19H17F3N4O3S2. The van der Waals surface area contributed by atoms with Crippen molar-refractivity contribution in [3.05, 3.63) is 64.7 Å². The summed E-state index contributed by atoms with van der Waals surface area (Å²) < 4.78 is 65.5. The number of amides is 1. The Morgan fingerprint density at radius 2 is 1.74 bits per heavy atom. The second kappa shape index (κ2) is 8.63. The van der Waals surface area contributed by atoms with Gasteiger partial charge in [-0.3, -0.25) is 14.8 Å². The van der Waals surface area contributed by atoms with Crippen LogP contribution in [0.4, 0.5) is 24.0 Å². The topological polar surface area (TPSA) is 101 Å². The van der Waals surface area contributed by atoms with Gasteiger partial charge in [-0.2, -0.15) is 13.2 Å². The fourth-order valence-corrected chi connectivity index (χ4v) is 4.24. The summed E-state index contributed by atoms with van der Waals surface area (Å²) in [6.45, 7) is 3.89. The highest BCUT2D eigenvalue weighted by Gasteiger charge is 2.30. The van der Waals surface area contributed by atoms with Crippen molar-refractivity contribution >= 4 is 38.1 Å². The number of halogens is 3. The molecule has 0 unspecified atom stereocenters. The Balaban J connectivity index is 1.73. The number of anilines is 2. The molecule has 7 nitrogen and oxygen atoms in total. The van der Waals surface area contributed by atoms with E-state index in [4.69, 9.17) is 0 Å². The van der Waals surface area contributed by atoms with Crippen LogP contribution in [0.15, 0.2) is 53.4 Å². The molecule has 1 aromatic heterocycles. The number of rotatable bonds is 6. The largest absolute Gasteiger partial charge is 0.416 e. The molecule has 1 heterocycles. The van der Waals surface area contributed by atoms with Gasteiger partial charge in [-0.15, -0.1) is 10.2 Å². The Bertz CT molecular complexity index is 1190. The van der Waals surface area contributed by atoms with Crippen molar-refractivity contribution in [3.63, 3.8) is 0 Å². The minimum Gasteiger partial charge on any atom is -0.296 e. The molecule has 2 N–H and O–H groups in total. The van der Waals surface area contributed by atoms with Crippen molar-refractivity contribution in [2.24, 2.45) is 0 Å². The molecule has 0 spiro atoms. The van der Waals surface area contributed by atoms with Crippen molar-refractivity contribution in [1.29, 1.82) is 0 Å². The molecule has 0 saturated heterocycles. The number of nitrogens with zero attached hydrogens (tertiary/aromatic N) is 2. The van der Waals surface area contributed by atoms with Gasteiger partial charge in [0.2, 0.25) is 5.13 Å². The van der Waals surface area contributed by atoms with Crippen molar-refractivity contribution in [3.8, 4) is 0 Å². The van der Waals surface area contributed by atoms with Crippen molar-refractivity contribution in [2.75, 3.05) is 10.0 Å². The third-order valence-corrected chi connectivity index (χ3v) is 6.56. The van der Waals surface area contributed by atoms with E-state index in [1.54, 1.807) is 0 Å². The Morgan fingerprint density at radius 1 is 1.06 bits per heavy atom. The second-order valence-electron chi connectivity index (χ2n) is 6.76. The Labute approximate surface area is 180 Å². The number of hydrogen-bond acceptors (Lipinski definition) is 6. The van der Waals surface area contributed by atoms with Gasteiger partial charge >= 0.3 is 6.18 Å². The number of carbonyl (C=O) groups is 1. The summed E-state index contributed by atoms with van der Waals surface area (Å²) in [6.07, 6.45) is -4.60. The van der Waals surface area contributed by atoms with Crippen LogP contribution in [0.1, 0.15) is 40.7 Å². The lowest BCUT2D eigenvalue weighted by Gasteiger charge is -2.11. The maximum Gasteiger partial charge on any atom is 0.416 e. The van der Waals surface area contributed by atoms with E-state index in [1.165, 1.54) is 41.7 Å². The first-order valence-corrected chi connectivity index (χ1v) is 11.2. The van der Waals surface area contributed by atoms with Gasteiger partial charge in [0.05, 0.1) is 10.5 Å². The van der Waals surface area contributed by atoms with Gasteiger partial charge in [-0.25, -0.2) is 8.42 Å². The van der Waals surface area contributed by atoms with Crippen LogP contribution in [0.5, 0.6) is 0 Å². The van der Waals surface area contributed by atoms with Crippen LogP contribution >= 0.6 is 11.3 Å². The van der Waals surface area contributed by atoms with E-state index in [2.05, 4.69) is 20.2 Å². The molecule has 0 aliphatic rings. The van der Waals surface area contributed by atoms with E-state index in [9.17, 15) is 26.4 Å². The zero-order valence-electron chi connectivity index (χ0n) is 16.3. The number of benzene rings is 2. The molecule has 0 fully saturated rings. The number of aromatic nitrogens is 2. The number of hydrogen-bond donors (Lipinski definition) is 2. The predicted molar refractivity (Wildman–Crippen MR) is 111 cm³/mol. The molecule has 0 radical (unpaired) electrons. The standard InChI is InChI=1S/C19H17F3N4O3S2/c1-11(2)17-24-25-18(30-17)23-16(27)12-6-8-15(9-7-12)31(28,29)26-14-5-3-4-13(10-14)19(20,21)22/h3-11,26H,1-2H3,(H,23,25,27). The van der Waals surface area contributed by atoms with Gasteiger partial charge < -0.3 is 0 Å². The van der Waals surface area contributed by atoms with Crippen LogP contribution in [-0.4, -0.2) is 24.5 Å². The summed E-state index contributed by atoms with van der Waals surface area (Å²) in [4.78, 5) is 12.1. The van der Waals surface area contributed by atoms with Gasteiger partial charge in [-0.1, -0.05) is 31.3 Å². The van der Waals surface area contributed by atoms with E-state index in [0.29, 0.717) is 11.2 Å². The monoisotopic (exact) mass is 470 g/mol. The zero-order chi connectivity index (χ0) is 22.8. The highest BCUT2D eigenvalue weighted by Crippen LogP contribution is 2.31. The summed E-state index contributed by atoms with van der Waals surface area (Å²) >= 11 is 1.24. The molecule has 31 heavy (non-hydrogen) atoms. The molecule has 0 atom stereocenters. The summed E-state index contributed by atoms with van der Waals surface area (Å²) in [7, 11) is -4.15. The molecule has 2 aromatic carbocycles. The summed E-state index contributed by atoms with van der Waals surface area (Å²) in [5.41, 5.74) is -1.02. The molecule has 12 heteroatoms. The lowest BCUT2D eigenvalue weighted by Crippen LogP contribution is -2.15. The van der Waals surface area contributed by atoms with Gasteiger partial charge in [-0.05, 0) is 42.5 Å². The third-order valence-electron chi connectivity index (χ3n) is 4.02. The third kappa shape index (κ3) is 5.58. The molecule has 0 saturated carbocycles. The summed E-state index contributed by atoms with van der Waals surface area (Å²) in [6, 6.07) is 8.81. The molecular weight excluding hydrogens is 453 g/mol. The fraction of sp³-hybridized carbons (Fsp3) is 0.211. The van der Waals surface area contributed by atoms with Crippen LogP contribution in [0.25, 0.3) is 0 Å². The van der Waals surface area contributed by atoms with E-state index < -0.39 is 27.7 Å². The van der Waals surface area contributed by atoms with Crippen LogP contribution in [0, 0.1) is 0 Å². The molecule has 164 valence electrons. The Morgan fingerprint density at radius 3 is 2.32 bits per heavy atom. The minimum atomic E-state index is -4.60. The Kier molecular flexibility index (Phi) is 6.32. The molecule has 0 bridgehead atoms. The lowest BCUT2D eigenvalue weighted by molar-refractivity contribution is -0.137. The van der Waals surface area contributed by atoms with Crippen LogP contribution in [0.3, 0.4) is 0 Å². The van der Waals surface area contributed by atoms with Crippen molar-refractivity contribution in [1.82, 2.24) is 10.2 Å². The number of nitrogens with one attached hydrogen (secondary N) is 2. The highest BCUT2D eigenvalue weighted by atomic mass is 32.2. The maximum atomic E-state index is 12.8. The maximum absolute atomic E-state index is 12.8. The van der Waals surface area contributed by atoms with Gasteiger partial charge in [0.1, 0.15) is 5.01 Å². The summed E-state index contributed by atoms with van der Waals surface area (Å²) in [5.74, 6) is -0.335. The van der Waals surface area contributed by atoms with Crippen molar-refractivity contribution < 1.29 is 26.4 Å². The van der Waals surface area contributed by atoms with E-state index in [1.807, 2.05) is 13.8 Å². The van der Waals surface area contributed by atoms with Gasteiger partial charge in [0, 0.05) is 17.2 Å². The van der Waals surface area contributed by atoms with E-state index in [-0.39, 0.29) is 22.1 Å². The first-order valence-electron chi connectivity index (χ1n) is 8.90. The smallest absolute Gasteiger partial charge is 0.296 e. The average molecular weight is 470 g/mol. The van der Waals surface area contributed by atoms with Crippen LogP contribution in [-0.2, 0) is 16.2 Å². The van der Waals surface area contributed by atoms with Gasteiger partial charge in [0.15, 0.2) is 0 Å². The number of carbonyl (C=O) groups excluding carboxylic acids is 1. The molecule has 3 aromatic rings. The first kappa shape index (κ1) is 22.7. The zero-order valence-corrected chi connectivity index (χ0v) is 17.9. The minimum absolute atomic E-state index is 0.164. The van der Waals surface area contributed by atoms with Gasteiger partial charge in [0.25, 0.3) is 15.9 Å². The van der Waals surface area contributed by atoms with Crippen LogP contribution < -0.4 is 10.0 Å². The second-order valence-corrected chi connectivity index (χ2v) is 9.45. The van der Waals surface area contributed by atoms with Crippen LogP contribution in [0.2, 0.25) is 0 Å². The quantitative estimate of drug-likeness (QED) is 0.542. The predicted octanol–water partition coefficient (Wildman–Crippen LogP) is 4.73. The SMILES string of the molecule is CC(C)c1nnc(NC(=O)c2ccc(S(=O)(=O)Nc3cccc(C(F)(F)F)c3)cc2)s1. The summed E-state index contributed by atoms with van der Waals surface area (Å²) in [5, 5.41) is 11.5. The van der Waals surface area contributed by atoms with E-state index >= 15 is 0 Å². The number of sulfonamides is 1. The molecule has 3 rings (SSSR count). The highest BCUT2D eigenvalue weighted by molar-refractivity contribution is 7.92. The van der Waals surface area contributed by atoms with Crippen molar-refractivity contribution in [2.45, 2.75) is 30.8 Å². The van der Waals surface area contributed by atoms with E-state index in [0.717, 1.165) is 17.1 Å². The lowest BCUT2D eigenvalue weighted by atomic mass is 10.2. The molecule has 0 aliphatic carbocycles. The molecule has 1 amide bonds. The average Bonchev–Trinajstić information content (AvgIpc) is 3.16. The normalized spacial score (nSPS) is 12.1. The fourth-order valence-electron chi connectivity index (χ4n) is 2.45. The molecule has 0 aliphatic heterocycles. The first-order chi connectivity index (χ1) is 14.5.